The first-order valence-electron chi connectivity index (χ1n) is 14.6. The molecule has 3 atom stereocenters. The highest BCUT2D eigenvalue weighted by Gasteiger charge is 2.29. The van der Waals surface area contributed by atoms with Crippen molar-refractivity contribution < 1.29 is 4.79 Å². The van der Waals surface area contributed by atoms with E-state index in [1.54, 1.807) is 6.08 Å². The summed E-state index contributed by atoms with van der Waals surface area (Å²) in [6, 6.07) is 19.2. The molecule has 2 aromatic carbocycles. The Hall–Kier alpha value is -3.70. The maximum absolute atomic E-state index is 11.3. The largest absolute Gasteiger partial charge is 0.338 e. The van der Waals surface area contributed by atoms with Gasteiger partial charge in [0.1, 0.15) is 0 Å². The van der Waals surface area contributed by atoms with E-state index in [9.17, 15) is 4.79 Å². The minimum absolute atomic E-state index is 0.153. The molecule has 2 saturated heterocycles. The zero-order chi connectivity index (χ0) is 28.3. The van der Waals surface area contributed by atoms with Crippen molar-refractivity contribution in [3.05, 3.63) is 115 Å². The number of nitrogens with zero attached hydrogens (tertiary/aromatic N) is 3. The predicted molar refractivity (Wildman–Crippen MR) is 166 cm³/mol. The number of nitrogens with one attached hydrogen (secondary N) is 1. The van der Waals surface area contributed by atoms with Gasteiger partial charge >= 0.3 is 0 Å². The summed E-state index contributed by atoms with van der Waals surface area (Å²) in [7, 11) is 0. The lowest BCUT2D eigenvalue weighted by Crippen LogP contribution is -2.36. The van der Waals surface area contributed by atoms with E-state index in [-0.39, 0.29) is 6.04 Å². The number of aromatic nitrogens is 2. The second-order valence-electron chi connectivity index (χ2n) is 11.2. The van der Waals surface area contributed by atoms with Crippen molar-refractivity contribution in [3.8, 4) is 11.1 Å². The summed E-state index contributed by atoms with van der Waals surface area (Å²) in [5.41, 5.74) is 6.46. The van der Waals surface area contributed by atoms with Gasteiger partial charge in [-0.1, -0.05) is 99.8 Å². The molecule has 5 nitrogen and oxygen atoms in total. The van der Waals surface area contributed by atoms with Gasteiger partial charge in [-0.15, -0.1) is 0 Å². The fourth-order valence-corrected chi connectivity index (χ4v) is 5.93. The molecule has 1 aromatic heterocycles. The maximum Gasteiger partial charge on any atom is 0.210 e. The predicted octanol–water partition coefficient (Wildman–Crippen LogP) is 7.18. The number of rotatable bonds is 9. The number of hydrogen-bond donors (Lipinski definition) is 1. The van der Waals surface area contributed by atoms with Crippen LogP contribution in [0.1, 0.15) is 56.2 Å². The first-order valence-corrected chi connectivity index (χ1v) is 14.6. The summed E-state index contributed by atoms with van der Waals surface area (Å²) in [5, 5.41) is 7.96. The SMILES string of the molecule is C=C/C=C(\C=C)C1CCN(C=O)C(c2ccccc2)C1.CC(C)Cn1cc(-c2ccccc2C2CCNC2)cn1. The molecule has 0 spiro atoms. The number of likely N-dealkylation sites (tertiary alicyclic amines) is 1. The van der Waals surface area contributed by atoms with Crippen LogP contribution >= 0.6 is 0 Å². The number of amides is 1. The van der Waals surface area contributed by atoms with E-state index >= 15 is 0 Å². The summed E-state index contributed by atoms with van der Waals surface area (Å²) in [4.78, 5) is 13.2. The van der Waals surface area contributed by atoms with E-state index in [4.69, 9.17) is 0 Å². The molecule has 2 aliphatic rings. The Morgan fingerprint density at radius 1 is 1.10 bits per heavy atom. The quantitative estimate of drug-likeness (QED) is 0.233. The Morgan fingerprint density at radius 2 is 1.88 bits per heavy atom. The lowest BCUT2D eigenvalue weighted by atomic mass is 9.82. The van der Waals surface area contributed by atoms with Gasteiger partial charge < -0.3 is 10.2 Å². The lowest BCUT2D eigenvalue weighted by molar-refractivity contribution is -0.122. The molecule has 3 aromatic rings. The topological polar surface area (TPSA) is 50.2 Å². The van der Waals surface area contributed by atoms with E-state index in [2.05, 4.69) is 84.7 Å². The lowest BCUT2D eigenvalue weighted by Gasteiger charge is -2.38. The monoisotopic (exact) mass is 536 g/mol. The number of hydrogen-bond acceptors (Lipinski definition) is 3. The van der Waals surface area contributed by atoms with Crippen LogP contribution in [0.5, 0.6) is 0 Å². The molecule has 0 saturated carbocycles. The summed E-state index contributed by atoms with van der Waals surface area (Å²) in [5.74, 6) is 1.70. The van der Waals surface area contributed by atoms with Gasteiger partial charge in [0.25, 0.3) is 0 Å². The molecule has 2 fully saturated rings. The summed E-state index contributed by atoms with van der Waals surface area (Å²) in [6.07, 6.45) is 14.0. The first-order chi connectivity index (χ1) is 19.5. The normalized spacial score (nSPS) is 21.0. The number of piperidine rings is 1. The number of benzene rings is 2. The van der Waals surface area contributed by atoms with Gasteiger partial charge in [-0.2, -0.15) is 5.10 Å². The molecule has 0 bridgehead atoms. The third-order valence-electron chi connectivity index (χ3n) is 7.94. The number of carbonyl (C=O) groups is 1. The Balaban J connectivity index is 0.000000185. The first kappa shape index (κ1) is 29.3. The molecule has 1 N–H and O–H groups in total. The summed E-state index contributed by atoms with van der Waals surface area (Å²) in [6.45, 7) is 16.1. The molecule has 1 amide bonds. The Bertz CT molecular complexity index is 1270. The van der Waals surface area contributed by atoms with Crippen molar-refractivity contribution in [3.63, 3.8) is 0 Å². The van der Waals surface area contributed by atoms with Crippen LogP contribution in [0.4, 0.5) is 0 Å². The van der Waals surface area contributed by atoms with Crippen LogP contribution in [0.25, 0.3) is 11.1 Å². The molecule has 3 heterocycles. The van der Waals surface area contributed by atoms with Gasteiger partial charge in [0.2, 0.25) is 6.41 Å². The molecule has 0 aliphatic carbocycles. The van der Waals surface area contributed by atoms with Crippen LogP contribution in [-0.2, 0) is 11.3 Å². The van der Waals surface area contributed by atoms with E-state index in [1.165, 1.54) is 34.2 Å². The molecular weight excluding hydrogens is 492 g/mol. The minimum atomic E-state index is 0.153. The van der Waals surface area contributed by atoms with Crippen molar-refractivity contribution >= 4 is 6.41 Å². The highest BCUT2D eigenvalue weighted by molar-refractivity contribution is 5.67. The van der Waals surface area contributed by atoms with E-state index < -0.39 is 0 Å². The zero-order valence-electron chi connectivity index (χ0n) is 24.1. The average Bonchev–Trinajstić information content (AvgIpc) is 3.69. The van der Waals surface area contributed by atoms with Crippen molar-refractivity contribution in [2.24, 2.45) is 11.8 Å². The second-order valence-corrected chi connectivity index (χ2v) is 11.2. The zero-order valence-corrected chi connectivity index (χ0v) is 24.1. The van der Waals surface area contributed by atoms with E-state index in [1.807, 2.05) is 41.4 Å². The molecule has 40 heavy (non-hydrogen) atoms. The average molecular weight is 537 g/mol. The highest BCUT2D eigenvalue weighted by Crippen LogP contribution is 2.37. The molecule has 5 rings (SSSR count). The number of carbonyl (C=O) groups excluding carboxylic acids is 1. The van der Waals surface area contributed by atoms with Crippen LogP contribution in [0.2, 0.25) is 0 Å². The van der Waals surface area contributed by atoms with Crippen molar-refractivity contribution in [2.75, 3.05) is 19.6 Å². The van der Waals surface area contributed by atoms with Crippen molar-refractivity contribution in [1.29, 1.82) is 0 Å². The van der Waals surface area contributed by atoms with Gasteiger partial charge in [-0.25, -0.2) is 0 Å². The third kappa shape index (κ3) is 7.48. The molecule has 0 radical (unpaired) electrons. The maximum atomic E-state index is 11.3. The van der Waals surface area contributed by atoms with Crippen molar-refractivity contribution in [2.45, 2.75) is 51.6 Å². The van der Waals surface area contributed by atoms with Gasteiger partial charge in [-0.05, 0) is 65.8 Å². The Morgan fingerprint density at radius 3 is 2.55 bits per heavy atom. The fourth-order valence-electron chi connectivity index (χ4n) is 5.93. The summed E-state index contributed by atoms with van der Waals surface area (Å²) >= 11 is 0. The van der Waals surface area contributed by atoms with Gasteiger partial charge in [-0.3, -0.25) is 9.48 Å². The molecule has 2 aliphatic heterocycles. The Labute approximate surface area is 240 Å². The smallest absolute Gasteiger partial charge is 0.210 e. The molecule has 3 unspecified atom stereocenters. The molecule has 210 valence electrons. The van der Waals surface area contributed by atoms with Crippen LogP contribution in [0.3, 0.4) is 0 Å². The van der Waals surface area contributed by atoms with Gasteiger partial charge in [0, 0.05) is 31.4 Å². The van der Waals surface area contributed by atoms with Crippen LogP contribution in [0, 0.1) is 11.8 Å². The van der Waals surface area contributed by atoms with Crippen molar-refractivity contribution in [1.82, 2.24) is 20.0 Å². The Kier molecular flexibility index (Phi) is 10.7. The van der Waals surface area contributed by atoms with Gasteiger partial charge in [0.15, 0.2) is 0 Å². The van der Waals surface area contributed by atoms with E-state index in [0.717, 1.165) is 45.4 Å². The summed E-state index contributed by atoms with van der Waals surface area (Å²) < 4.78 is 2.06. The number of allylic oxidation sites excluding steroid dienone is 4. The third-order valence-corrected chi connectivity index (χ3v) is 7.94. The highest BCUT2D eigenvalue weighted by atomic mass is 16.1. The standard InChI is InChI=1S/C18H21NO.C17H23N3/c1-3-8-15(4-2)17-11-12-19(14-20)18(13-17)16-9-6-5-7-10-16;1-13(2)11-20-12-15(10-19-20)17-6-4-3-5-16(17)14-7-8-18-9-14/h3-10,14,17-18H,1-2,11-13H2;3-6,10,12-14,18H,7-9,11H2,1-2H3/b15-8+;. The molecule has 5 heteroatoms. The van der Waals surface area contributed by atoms with Crippen LogP contribution in [0.15, 0.2) is 104 Å². The van der Waals surface area contributed by atoms with Crippen LogP contribution < -0.4 is 5.32 Å². The second kappa shape index (κ2) is 14.6. The fraction of sp³-hybridized carbons (Fsp3) is 0.371. The van der Waals surface area contributed by atoms with E-state index in [0.29, 0.717) is 17.8 Å². The minimum Gasteiger partial charge on any atom is -0.338 e. The van der Waals surface area contributed by atoms with Gasteiger partial charge in [0.05, 0.1) is 12.2 Å². The van der Waals surface area contributed by atoms with Crippen LogP contribution in [-0.4, -0.2) is 40.7 Å². The molecular formula is C35H44N4O.